The van der Waals surface area contributed by atoms with Crippen molar-refractivity contribution in [1.82, 2.24) is 9.80 Å². The van der Waals surface area contributed by atoms with Gasteiger partial charge in [0.25, 0.3) is 23.6 Å². The first-order valence-electron chi connectivity index (χ1n) is 49.9. The predicted molar refractivity (Wildman–Crippen MR) is 505 cm³/mol. The van der Waals surface area contributed by atoms with Gasteiger partial charge in [0.2, 0.25) is 0 Å². The van der Waals surface area contributed by atoms with Crippen LogP contribution in [0, 0.1) is 0 Å². The molecule has 7 aromatic carbocycles. The Morgan fingerprint density at radius 1 is 0.214 bits per heavy atom. The average molecular weight is 1740 g/mol. The Morgan fingerprint density at radius 3 is 0.690 bits per heavy atom. The van der Waals surface area contributed by atoms with Gasteiger partial charge in [0.15, 0.2) is 23.0 Å². The number of hydrogen-bond donors (Lipinski definition) is 0. The van der Waals surface area contributed by atoms with Crippen LogP contribution < -0.4 is 18.9 Å². The molecule has 0 aliphatic carbocycles. The van der Waals surface area contributed by atoms with E-state index in [4.69, 9.17) is 66.3 Å². The van der Waals surface area contributed by atoms with Crippen LogP contribution in [0.1, 0.15) is 326 Å². The number of ether oxygens (including phenoxy) is 14. The SMILES string of the molecule is CCCCCCCCCCCC(CCCCCCCCCCC)N1C(=O)c2ccc3c4c(-c5ccc6c(c5)OCCOCCOCCOCCOCCOCCO6)cc5c6c(ccc(c7c(-c8ccc9c(c8)OCCOCCOCCOCCOCCOCCO9)cc(c2c37)C1=O)c64)C(=O)N(C(CCCCCCCCCCC)CCCCCCCCCCC)C5=O. The van der Waals surface area contributed by atoms with Crippen LogP contribution in [0.15, 0.2) is 72.8 Å². The zero-order chi connectivity index (χ0) is 87.8. The van der Waals surface area contributed by atoms with E-state index in [9.17, 15) is 0 Å². The third-order valence-corrected chi connectivity index (χ3v) is 25.6. The Kier molecular flexibility index (Phi) is 45.7. The van der Waals surface area contributed by atoms with Gasteiger partial charge in [-0.05, 0) is 129 Å². The van der Waals surface area contributed by atoms with E-state index in [1.807, 2.05) is 60.7 Å². The fraction of sp³-hybridized carbons (Fsp3) is 0.660. The highest BCUT2D eigenvalue weighted by molar-refractivity contribution is 6.44. The van der Waals surface area contributed by atoms with Crippen LogP contribution in [0.5, 0.6) is 23.0 Å². The summed E-state index contributed by atoms with van der Waals surface area (Å²) in [6.45, 7) is 17.5. The molecule has 0 fully saturated rings. The first-order valence-corrected chi connectivity index (χ1v) is 49.9. The standard InChI is InChI=1S/C106H154N2O18/c1-5-9-13-17-21-25-29-33-37-41-83(42-38-34-30-26-22-18-14-10-6-2)107-103(109)87-49-47-85-98-90(82-46-52-94-96(78-82)126-76-72-122-68-64-118-60-56-114-54-58-116-62-66-120-70-74-124-94)80-92-100-88(104(110)108(106(92)112)84(43-39-35-31-27-23-19-15-11-7-3)44-40-36-32-28-24-20-16-12-8-4)50-48-86(102(98)100)97-89(79-91(105(107)111)99(87)101(85)97)81-45-51-93-95(77-81)125-75-71-121-67-63-117-59-55-113-53-57-115-61-65-119-69-73-123-93/h45-52,77-80,83-84H,5-44,53-76H2,1-4H3. The fourth-order valence-corrected chi connectivity index (χ4v) is 18.8. The molecule has 0 saturated carbocycles. The van der Waals surface area contributed by atoms with Crippen molar-refractivity contribution >= 4 is 66.7 Å². The van der Waals surface area contributed by atoms with E-state index in [2.05, 4.69) is 39.8 Å². The van der Waals surface area contributed by atoms with Gasteiger partial charge in [-0.1, -0.05) is 283 Å². The Hall–Kier alpha value is -7.08. The number of benzene rings is 7. The van der Waals surface area contributed by atoms with Gasteiger partial charge in [0, 0.05) is 45.1 Å². The summed E-state index contributed by atoms with van der Waals surface area (Å²) in [4.78, 5) is 69.5. The number of rotatable bonds is 44. The summed E-state index contributed by atoms with van der Waals surface area (Å²) in [5, 5.41) is 5.63. The van der Waals surface area contributed by atoms with Crippen LogP contribution in [0.4, 0.5) is 0 Å². The molecule has 0 aromatic heterocycles. The van der Waals surface area contributed by atoms with Crippen LogP contribution in [0.3, 0.4) is 0 Å². The maximum Gasteiger partial charge on any atom is 0.261 e. The number of amides is 4. The highest BCUT2D eigenvalue weighted by Crippen LogP contribution is 2.54. The first kappa shape index (κ1) is 99.5. The lowest BCUT2D eigenvalue weighted by atomic mass is 9.77. The molecule has 0 atom stereocenters. The molecule has 20 heteroatoms. The van der Waals surface area contributed by atoms with Gasteiger partial charge >= 0.3 is 0 Å². The molecular weight excluding hydrogens is 1590 g/mol. The number of carbonyl (C=O) groups is 4. The number of hydrogen-bond acceptors (Lipinski definition) is 18. The molecule has 20 nitrogen and oxygen atoms in total. The van der Waals surface area contributed by atoms with Crippen molar-refractivity contribution < 1.29 is 85.5 Å². The maximum atomic E-state index is 16.7. The number of nitrogens with zero attached hydrogens (tertiary/aromatic N) is 2. The summed E-state index contributed by atoms with van der Waals surface area (Å²) in [5.41, 5.74) is 4.66. The lowest BCUT2D eigenvalue weighted by molar-refractivity contribution is -0.0134. The lowest BCUT2D eigenvalue weighted by Crippen LogP contribution is -2.47. The van der Waals surface area contributed by atoms with Gasteiger partial charge in [-0.2, -0.15) is 0 Å². The molecule has 0 spiro atoms. The summed E-state index contributed by atoms with van der Waals surface area (Å²) in [6.07, 6.45) is 44.7. The average Bonchev–Trinajstić information content (AvgIpc) is 0.675. The summed E-state index contributed by atoms with van der Waals surface area (Å²) in [7, 11) is 0. The molecule has 4 amide bonds. The van der Waals surface area contributed by atoms with Crippen LogP contribution in [0.2, 0.25) is 0 Å². The van der Waals surface area contributed by atoms with Crippen molar-refractivity contribution in [2.24, 2.45) is 0 Å². The van der Waals surface area contributed by atoms with E-state index in [1.54, 1.807) is 9.80 Å². The van der Waals surface area contributed by atoms with Gasteiger partial charge in [0.05, 0.1) is 132 Å². The van der Waals surface area contributed by atoms with Crippen LogP contribution in [0.25, 0.3) is 65.3 Å². The topological polar surface area (TPSA) is 204 Å². The molecule has 696 valence electrons. The van der Waals surface area contributed by atoms with E-state index in [-0.39, 0.29) is 75.4 Å². The third-order valence-electron chi connectivity index (χ3n) is 25.6. The smallest absolute Gasteiger partial charge is 0.261 e. The molecule has 11 rings (SSSR count). The van der Waals surface area contributed by atoms with Crippen molar-refractivity contribution in [3.05, 3.63) is 95.1 Å². The molecule has 4 aliphatic heterocycles. The molecule has 7 aromatic rings. The second-order valence-corrected chi connectivity index (χ2v) is 35.1. The summed E-state index contributed by atoms with van der Waals surface area (Å²) in [5.74, 6) is 0.682. The number of fused-ring (bicyclic) bond motifs is 4. The van der Waals surface area contributed by atoms with Gasteiger partial charge in [-0.15, -0.1) is 0 Å². The highest BCUT2D eigenvalue weighted by Gasteiger charge is 2.42. The Labute approximate surface area is 753 Å². The second-order valence-electron chi connectivity index (χ2n) is 35.1. The van der Waals surface area contributed by atoms with Crippen molar-refractivity contribution in [1.29, 1.82) is 0 Å². The predicted octanol–water partition coefficient (Wildman–Crippen LogP) is 24.4. The van der Waals surface area contributed by atoms with Crippen LogP contribution >= 0.6 is 0 Å². The monoisotopic (exact) mass is 1740 g/mol. The van der Waals surface area contributed by atoms with Gasteiger partial charge < -0.3 is 66.3 Å². The molecule has 126 heavy (non-hydrogen) atoms. The molecule has 4 aliphatic rings. The Bertz CT molecular complexity index is 4020. The van der Waals surface area contributed by atoms with E-state index >= 15 is 19.2 Å². The Morgan fingerprint density at radius 2 is 0.437 bits per heavy atom. The minimum Gasteiger partial charge on any atom is -0.487 e. The minimum atomic E-state index is -0.330. The van der Waals surface area contributed by atoms with E-state index < -0.39 is 0 Å². The van der Waals surface area contributed by atoms with Crippen molar-refractivity contribution in [2.45, 2.75) is 297 Å². The summed E-state index contributed by atoms with van der Waals surface area (Å²) >= 11 is 0. The summed E-state index contributed by atoms with van der Waals surface area (Å²) < 4.78 is 85.7. The van der Waals surface area contributed by atoms with Crippen LogP contribution in [-0.4, -0.2) is 204 Å². The van der Waals surface area contributed by atoms with Gasteiger partial charge in [-0.3, -0.25) is 29.0 Å². The zero-order valence-electron chi connectivity index (χ0n) is 77.6. The maximum absolute atomic E-state index is 16.7. The third kappa shape index (κ3) is 30.0. The lowest BCUT2D eigenvalue weighted by Gasteiger charge is -2.36. The van der Waals surface area contributed by atoms with Crippen molar-refractivity contribution in [3.8, 4) is 45.3 Å². The van der Waals surface area contributed by atoms with E-state index in [1.165, 1.54) is 154 Å². The van der Waals surface area contributed by atoms with E-state index in [0.29, 0.717) is 212 Å². The zero-order valence-corrected chi connectivity index (χ0v) is 77.6. The molecule has 0 bridgehead atoms. The van der Waals surface area contributed by atoms with E-state index in [0.717, 1.165) is 120 Å². The fourth-order valence-electron chi connectivity index (χ4n) is 18.8. The molecule has 0 N–H and O–H groups in total. The molecule has 0 radical (unpaired) electrons. The molecule has 0 unspecified atom stereocenters. The van der Waals surface area contributed by atoms with Gasteiger partial charge in [0.1, 0.15) is 26.4 Å². The van der Waals surface area contributed by atoms with Gasteiger partial charge in [-0.25, -0.2) is 0 Å². The van der Waals surface area contributed by atoms with Crippen LogP contribution in [-0.2, 0) is 47.4 Å². The second kappa shape index (κ2) is 57.9. The van der Waals surface area contributed by atoms with Crippen molar-refractivity contribution in [2.75, 3.05) is 159 Å². The molecule has 0 saturated heterocycles. The largest absolute Gasteiger partial charge is 0.487 e. The number of carbonyl (C=O) groups excluding carboxylic acids is 4. The Balaban J connectivity index is 1.09. The van der Waals surface area contributed by atoms with Crippen molar-refractivity contribution in [3.63, 3.8) is 0 Å². The first-order chi connectivity index (χ1) is 62.3. The number of unbranched alkanes of at least 4 members (excludes halogenated alkanes) is 32. The summed E-state index contributed by atoms with van der Waals surface area (Å²) in [6, 6.07) is 23.3. The highest BCUT2D eigenvalue weighted by atomic mass is 16.6. The quantitative estimate of drug-likeness (QED) is 0.0151. The minimum absolute atomic E-state index is 0.179. The number of imide groups is 2. The molecular formula is C106H154N2O18. The normalized spacial score (nSPS) is 16.7. The molecule has 4 heterocycles.